The zero-order valence-corrected chi connectivity index (χ0v) is 22.7. The topological polar surface area (TPSA) is 34.5 Å². The van der Waals surface area contributed by atoms with Crippen molar-refractivity contribution < 1.29 is 9.53 Å². The Morgan fingerprint density at radius 1 is 0.750 bits per heavy atom. The van der Waals surface area contributed by atoms with E-state index in [9.17, 15) is 4.79 Å². The van der Waals surface area contributed by atoms with E-state index in [-0.39, 0.29) is 12.6 Å². The monoisotopic (exact) mass is 524 g/mol. The van der Waals surface area contributed by atoms with Crippen LogP contribution in [0.3, 0.4) is 0 Å². The van der Waals surface area contributed by atoms with Crippen LogP contribution in [0.5, 0.6) is 0 Å². The fraction of sp³-hybridized carbons (Fsp3) is 0.194. The minimum Gasteiger partial charge on any atom is -0.456 e. The lowest BCUT2D eigenvalue weighted by Crippen LogP contribution is -2.37. The number of rotatable bonds is 6. The molecule has 0 saturated carbocycles. The minimum atomic E-state index is -0.724. The van der Waals surface area contributed by atoms with Crippen molar-refractivity contribution in [3.05, 3.63) is 149 Å². The van der Waals surface area contributed by atoms with Gasteiger partial charge in [-0.05, 0) is 53.1 Å². The van der Waals surface area contributed by atoms with Crippen LogP contribution in [-0.4, -0.2) is 23.6 Å². The molecule has 1 aromatic heterocycles. The van der Waals surface area contributed by atoms with Crippen LogP contribution < -0.4 is 4.90 Å². The fourth-order valence-corrected chi connectivity index (χ4v) is 6.77. The third-order valence-electron chi connectivity index (χ3n) is 8.56. The summed E-state index contributed by atoms with van der Waals surface area (Å²) in [6, 6.07) is 37.7. The van der Waals surface area contributed by atoms with E-state index < -0.39 is 5.54 Å². The number of carbonyl (C=O) groups is 1. The van der Waals surface area contributed by atoms with Crippen molar-refractivity contribution >= 4 is 11.7 Å². The molecule has 1 saturated heterocycles. The molecule has 198 valence electrons. The quantitative estimate of drug-likeness (QED) is 0.211. The number of anilines is 1. The van der Waals surface area contributed by atoms with E-state index in [1.807, 2.05) is 30.3 Å². The second kappa shape index (κ2) is 9.87. The molecule has 4 aromatic carbocycles. The van der Waals surface area contributed by atoms with Gasteiger partial charge in [0.25, 0.3) is 0 Å². The summed E-state index contributed by atoms with van der Waals surface area (Å²) >= 11 is 0. The predicted octanol–water partition coefficient (Wildman–Crippen LogP) is 7.57. The normalized spacial score (nSPS) is 15.1. The first-order valence-corrected chi connectivity index (χ1v) is 14.1. The van der Waals surface area contributed by atoms with Crippen molar-refractivity contribution in [2.24, 2.45) is 0 Å². The first-order valence-electron chi connectivity index (χ1n) is 14.1. The van der Waals surface area contributed by atoms with Crippen LogP contribution in [0.15, 0.2) is 115 Å². The number of benzene rings is 4. The second-order valence-electron chi connectivity index (χ2n) is 10.8. The molecule has 0 atom stereocenters. The van der Waals surface area contributed by atoms with Crippen LogP contribution in [0.4, 0.5) is 5.69 Å². The highest BCUT2D eigenvalue weighted by molar-refractivity contribution is 5.93. The zero-order chi connectivity index (χ0) is 27.1. The van der Waals surface area contributed by atoms with E-state index in [1.54, 1.807) is 0 Å². The van der Waals surface area contributed by atoms with Gasteiger partial charge >= 0.3 is 5.97 Å². The highest BCUT2D eigenvalue weighted by atomic mass is 16.5. The lowest BCUT2D eigenvalue weighted by Gasteiger charge is -2.36. The van der Waals surface area contributed by atoms with Crippen LogP contribution in [0, 0.1) is 6.92 Å². The van der Waals surface area contributed by atoms with Gasteiger partial charge in [-0.3, -0.25) is 0 Å². The summed E-state index contributed by atoms with van der Waals surface area (Å²) in [4.78, 5) is 16.6. The molecule has 1 fully saturated rings. The molecule has 0 radical (unpaired) electrons. The van der Waals surface area contributed by atoms with E-state index in [0.717, 1.165) is 48.3 Å². The lowest BCUT2D eigenvalue weighted by atomic mass is 9.80. The smallest absolute Gasteiger partial charge is 0.355 e. The van der Waals surface area contributed by atoms with Gasteiger partial charge in [-0.1, -0.05) is 109 Å². The number of nitrogens with zero attached hydrogens (tertiary/aromatic N) is 2. The van der Waals surface area contributed by atoms with Crippen molar-refractivity contribution in [3.8, 4) is 11.1 Å². The van der Waals surface area contributed by atoms with E-state index >= 15 is 0 Å². The standard InChI is InChI=1S/C36H32N2O2/c1-26-33(37-22-12-13-23-37)24-38(34(26)35(39)40-25-27-14-4-2-5-15-27)36(28-16-6-3-7-17-28)31-20-10-8-18-29(31)30-19-9-11-21-32(30)36/h2-11,14-21,24H,12-13,22-23,25H2,1H3. The molecular formula is C36H32N2O2. The molecule has 2 aliphatic rings. The molecule has 0 spiro atoms. The maximum atomic E-state index is 14.2. The number of fused-ring (bicyclic) bond motifs is 3. The molecule has 7 rings (SSSR count). The van der Waals surface area contributed by atoms with E-state index in [4.69, 9.17) is 4.74 Å². The number of esters is 1. The van der Waals surface area contributed by atoms with Crippen molar-refractivity contribution in [2.75, 3.05) is 18.0 Å². The summed E-state index contributed by atoms with van der Waals surface area (Å²) < 4.78 is 8.28. The van der Waals surface area contributed by atoms with E-state index in [2.05, 4.69) is 101 Å². The highest BCUT2D eigenvalue weighted by Gasteiger charge is 2.48. The van der Waals surface area contributed by atoms with Gasteiger partial charge in [-0.25, -0.2) is 4.79 Å². The number of ether oxygens (including phenoxy) is 1. The van der Waals surface area contributed by atoms with Gasteiger partial charge in [-0.15, -0.1) is 0 Å². The Bertz CT molecular complexity index is 1640. The Hall–Kier alpha value is -4.57. The number of carbonyl (C=O) groups excluding carboxylic acids is 1. The Labute approximate surface area is 235 Å². The number of hydrogen-bond acceptors (Lipinski definition) is 3. The highest BCUT2D eigenvalue weighted by Crippen LogP contribution is 2.54. The van der Waals surface area contributed by atoms with Gasteiger partial charge in [0, 0.05) is 24.8 Å². The van der Waals surface area contributed by atoms with Gasteiger partial charge < -0.3 is 14.2 Å². The zero-order valence-electron chi connectivity index (χ0n) is 22.7. The summed E-state index contributed by atoms with van der Waals surface area (Å²) in [5.74, 6) is -0.302. The molecule has 4 nitrogen and oxygen atoms in total. The van der Waals surface area contributed by atoms with Crippen LogP contribution in [0.25, 0.3) is 11.1 Å². The molecule has 0 bridgehead atoms. The van der Waals surface area contributed by atoms with Crippen molar-refractivity contribution in [1.82, 2.24) is 4.57 Å². The van der Waals surface area contributed by atoms with Gasteiger partial charge in [0.05, 0.1) is 5.69 Å². The van der Waals surface area contributed by atoms with Gasteiger partial charge in [0.1, 0.15) is 17.8 Å². The van der Waals surface area contributed by atoms with Crippen molar-refractivity contribution in [2.45, 2.75) is 31.9 Å². The first-order chi connectivity index (χ1) is 19.7. The number of hydrogen-bond donors (Lipinski definition) is 0. The Balaban J connectivity index is 1.50. The van der Waals surface area contributed by atoms with E-state index in [1.165, 1.54) is 22.3 Å². The summed E-state index contributed by atoms with van der Waals surface area (Å²) in [7, 11) is 0. The summed E-state index contributed by atoms with van der Waals surface area (Å²) in [6.45, 7) is 4.30. The van der Waals surface area contributed by atoms with Crippen molar-refractivity contribution in [3.63, 3.8) is 0 Å². The summed E-state index contributed by atoms with van der Waals surface area (Å²) in [5, 5.41) is 0. The fourth-order valence-electron chi connectivity index (χ4n) is 6.77. The minimum absolute atomic E-state index is 0.231. The van der Waals surface area contributed by atoms with Crippen LogP contribution in [0.1, 0.15) is 51.1 Å². The molecule has 4 heteroatoms. The SMILES string of the molecule is Cc1c(N2CCCC2)cn(C2(c3ccccc3)c3ccccc3-c3ccccc32)c1C(=O)OCc1ccccc1. The molecule has 0 N–H and O–H groups in total. The molecule has 0 unspecified atom stereocenters. The third kappa shape index (κ3) is 3.70. The van der Waals surface area contributed by atoms with Gasteiger partial charge in [0.2, 0.25) is 0 Å². The molecular weight excluding hydrogens is 492 g/mol. The maximum absolute atomic E-state index is 14.2. The van der Waals surface area contributed by atoms with Crippen LogP contribution in [0.2, 0.25) is 0 Å². The lowest BCUT2D eigenvalue weighted by molar-refractivity contribution is 0.0456. The molecule has 1 aliphatic heterocycles. The molecule has 40 heavy (non-hydrogen) atoms. The van der Waals surface area contributed by atoms with Crippen LogP contribution in [-0.2, 0) is 16.9 Å². The molecule has 5 aromatic rings. The Morgan fingerprint density at radius 2 is 1.30 bits per heavy atom. The maximum Gasteiger partial charge on any atom is 0.355 e. The predicted molar refractivity (Wildman–Crippen MR) is 160 cm³/mol. The van der Waals surface area contributed by atoms with Crippen LogP contribution >= 0.6 is 0 Å². The largest absolute Gasteiger partial charge is 0.456 e. The molecule has 0 amide bonds. The average molecular weight is 525 g/mol. The van der Waals surface area contributed by atoms with Gasteiger partial charge in [-0.2, -0.15) is 0 Å². The molecule has 1 aliphatic carbocycles. The average Bonchev–Trinajstić information content (AvgIpc) is 3.73. The Kier molecular flexibility index (Phi) is 6.04. The second-order valence-corrected chi connectivity index (χ2v) is 10.8. The van der Waals surface area contributed by atoms with Crippen molar-refractivity contribution in [1.29, 1.82) is 0 Å². The summed E-state index contributed by atoms with van der Waals surface area (Å²) in [6.07, 6.45) is 4.54. The van der Waals surface area contributed by atoms with E-state index in [0.29, 0.717) is 5.69 Å². The third-order valence-corrected chi connectivity index (χ3v) is 8.56. The van der Waals surface area contributed by atoms with Gasteiger partial charge in [0.15, 0.2) is 0 Å². The molecule has 2 heterocycles. The summed E-state index contributed by atoms with van der Waals surface area (Å²) in [5.41, 5.74) is 8.78. The number of aromatic nitrogens is 1. The Morgan fingerprint density at radius 3 is 1.93 bits per heavy atom. The first kappa shape index (κ1) is 24.5.